The van der Waals surface area contributed by atoms with Gasteiger partial charge in [-0.1, -0.05) is 23.7 Å². The van der Waals surface area contributed by atoms with Gasteiger partial charge in [0.1, 0.15) is 24.5 Å². The molecule has 8 nitrogen and oxygen atoms in total. The van der Waals surface area contributed by atoms with Crippen LogP contribution in [0.1, 0.15) is 24.1 Å². The average Bonchev–Trinajstić information content (AvgIpc) is 3.38. The molecule has 0 aliphatic carbocycles. The molecule has 2 aromatic heterocycles. The SMILES string of the molecule is CN1CCCC1C=CC(=O)Nc1ccc2ncnc3c2c1CCN3c1ccc(OCc2ccccn2)c(Cl)c1. The van der Waals surface area contributed by atoms with E-state index in [4.69, 9.17) is 16.3 Å². The standard InChI is InChI=1S/C30H29ClN6O2/c1-36-15-4-6-21(36)8-12-28(38)35-25-9-10-26-29-23(25)13-16-37(30(29)34-19-33-26)22-7-11-27(24(31)17-22)39-18-20-5-2-3-14-32-20/h2-3,5,7-12,14,17,19,21H,4,6,13,15-16,18H2,1H3,(H,35,38). The number of aromatic nitrogens is 3. The first-order chi connectivity index (χ1) is 19.1. The van der Waals surface area contributed by atoms with Crippen LogP contribution in [0.25, 0.3) is 10.9 Å². The van der Waals surface area contributed by atoms with Gasteiger partial charge in [0.15, 0.2) is 0 Å². The summed E-state index contributed by atoms with van der Waals surface area (Å²) in [5.41, 5.74) is 4.42. The van der Waals surface area contributed by atoms with Gasteiger partial charge in [-0.05, 0) is 80.9 Å². The van der Waals surface area contributed by atoms with E-state index in [1.54, 1.807) is 18.6 Å². The molecule has 39 heavy (non-hydrogen) atoms. The number of ether oxygens (including phenoxy) is 1. The molecular formula is C30H29ClN6O2. The minimum absolute atomic E-state index is 0.125. The third-order valence-electron chi connectivity index (χ3n) is 7.37. The van der Waals surface area contributed by atoms with E-state index in [1.807, 2.05) is 54.6 Å². The van der Waals surface area contributed by atoms with Crippen LogP contribution in [0, 0.1) is 0 Å². The Bertz CT molecular complexity index is 1540. The van der Waals surface area contributed by atoms with E-state index >= 15 is 0 Å². The largest absolute Gasteiger partial charge is 0.486 e. The lowest BCUT2D eigenvalue weighted by molar-refractivity contribution is -0.111. The lowest BCUT2D eigenvalue weighted by Gasteiger charge is -2.31. The smallest absolute Gasteiger partial charge is 0.248 e. The zero-order valence-electron chi connectivity index (χ0n) is 21.7. The van der Waals surface area contributed by atoms with Crippen LogP contribution in [0.2, 0.25) is 5.02 Å². The predicted molar refractivity (Wildman–Crippen MR) is 154 cm³/mol. The molecule has 6 rings (SSSR count). The molecule has 1 saturated heterocycles. The maximum Gasteiger partial charge on any atom is 0.248 e. The van der Waals surface area contributed by atoms with Crippen LogP contribution < -0.4 is 15.0 Å². The lowest BCUT2D eigenvalue weighted by atomic mass is 9.98. The molecule has 1 N–H and O–H groups in total. The van der Waals surface area contributed by atoms with Gasteiger partial charge in [-0.3, -0.25) is 14.7 Å². The molecule has 1 amide bonds. The van der Waals surface area contributed by atoms with E-state index in [-0.39, 0.29) is 5.91 Å². The van der Waals surface area contributed by atoms with Crippen molar-refractivity contribution in [1.29, 1.82) is 0 Å². The number of carbonyl (C=O) groups is 1. The molecule has 0 bridgehead atoms. The Labute approximate surface area is 232 Å². The van der Waals surface area contributed by atoms with Gasteiger partial charge < -0.3 is 15.0 Å². The molecule has 2 aromatic carbocycles. The van der Waals surface area contributed by atoms with Crippen molar-refractivity contribution in [2.45, 2.75) is 31.9 Å². The van der Waals surface area contributed by atoms with E-state index < -0.39 is 0 Å². The van der Waals surface area contributed by atoms with Crippen molar-refractivity contribution >= 4 is 45.6 Å². The fourth-order valence-electron chi connectivity index (χ4n) is 5.33. The molecule has 4 heterocycles. The Balaban J connectivity index is 1.24. The second-order valence-electron chi connectivity index (χ2n) is 9.85. The van der Waals surface area contributed by atoms with Crippen molar-refractivity contribution < 1.29 is 9.53 Å². The number of nitrogens with zero attached hydrogens (tertiary/aromatic N) is 5. The first-order valence-electron chi connectivity index (χ1n) is 13.1. The number of rotatable bonds is 7. The van der Waals surface area contributed by atoms with Gasteiger partial charge in [0, 0.05) is 41.6 Å². The van der Waals surface area contributed by atoms with Crippen LogP contribution in [-0.4, -0.2) is 51.9 Å². The number of amides is 1. The Morgan fingerprint density at radius 2 is 2.08 bits per heavy atom. The van der Waals surface area contributed by atoms with E-state index in [2.05, 4.69) is 37.1 Å². The van der Waals surface area contributed by atoms with Gasteiger partial charge in [-0.25, -0.2) is 9.97 Å². The zero-order valence-corrected chi connectivity index (χ0v) is 22.4. The van der Waals surface area contributed by atoms with Crippen LogP contribution >= 0.6 is 11.6 Å². The highest BCUT2D eigenvalue weighted by Gasteiger charge is 2.25. The van der Waals surface area contributed by atoms with Gasteiger partial charge >= 0.3 is 0 Å². The van der Waals surface area contributed by atoms with E-state index in [1.165, 1.54) is 0 Å². The molecule has 1 unspecified atom stereocenters. The van der Waals surface area contributed by atoms with E-state index in [9.17, 15) is 4.79 Å². The van der Waals surface area contributed by atoms with Crippen molar-refractivity contribution in [3.05, 3.63) is 89.5 Å². The molecular weight excluding hydrogens is 512 g/mol. The number of pyridine rings is 1. The highest BCUT2D eigenvalue weighted by Crippen LogP contribution is 2.40. The van der Waals surface area contributed by atoms with Gasteiger partial charge in [0.25, 0.3) is 0 Å². The molecule has 2 aliphatic heterocycles. The fourth-order valence-corrected chi connectivity index (χ4v) is 5.56. The molecule has 0 radical (unpaired) electrons. The van der Waals surface area contributed by atoms with Crippen LogP contribution in [0.4, 0.5) is 17.2 Å². The van der Waals surface area contributed by atoms with Crippen LogP contribution in [-0.2, 0) is 17.8 Å². The Morgan fingerprint density at radius 1 is 1.15 bits per heavy atom. The Hall–Kier alpha value is -4.01. The maximum absolute atomic E-state index is 12.8. The summed E-state index contributed by atoms with van der Waals surface area (Å²) in [6.07, 6.45) is 9.93. The molecule has 2 aliphatic rings. The first kappa shape index (κ1) is 25.3. The topological polar surface area (TPSA) is 83.5 Å². The second kappa shape index (κ2) is 11.0. The summed E-state index contributed by atoms with van der Waals surface area (Å²) in [5.74, 6) is 1.26. The number of anilines is 3. The van der Waals surface area contributed by atoms with Gasteiger partial charge in [0.2, 0.25) is 5.91 Å². The molecule has 1 atom stereocenters. The summed E-state index contributed by atoms with van der Waals surface area (Å²) in [6.45, 7) is 2.08. The summed E-state index contributed by atoms with van der Waals surface area (Å²) < 4.78 is 5.90. The number of halogens is 1. The maximum atomic E-state index is 12.8. The number of likely N-dealkylation sites (N-methyl/N-ethyl adjacent to an activating group) is 1. The minimum Gasteiger partial charge on any atom is -0.486 e. The first-order valence-corrected chi connectivity index (χ1v) is 13.5. The predicted octanol–water partition coefficient (Wildman–Crippen LogP) is 5.54. The molecule has 198 valence electrons. The van der Waals surface area contributed by atoms with E-state index in [0.717, 1.165) is 65.2 Å². The van der Waals surface area contributed by atoms with Gasteiger partial charge in [-0.15, -0.1) is 0 Å². The average molecular weight is 541 g/mol. The molecule has 1 fully saturated rings. The summed E-state index contributed by atoms with van der Waals surface area (Å²) in [4.78, 5) is 30.6. The van der Waals surface area contributed by atoms with Crippen molar-refractivity contribution in [2.24, 2.45) is 0 Å². The summed E-state index contributed by atoms with van der Waals surface area (Å²) in [5, 5.41) is 4.54. The summed E-state index contributed by atoms with van der Waals surface area (Å²) >= 11 is 6.62. The lowest BCUT2D eigenvalue weighted by Crippen LogP contribution is -2.26. The number of likely N-dealkylation sites (tertiary alicyclic amines) is 1. The number of carbonyl (C=O) groups excluding carboxylic acids is 1. The van der Waals surface area contributed by atoms with Gasteiger partial charge in [-0.2, -0.15) is 0 Å². The normalized spacial score (nSPS) is 17.2. The van der Waals surface area contributed by atoms with Crippen LogP contribution in [0.15, 0.2) is 73.2 Å². The Morgan fingerprint density at radius 3 is 2.87 bits per heavy atom. The highest BCUT2D eigenvalue weighted by molar-refractivity contribution is 6.32. The molecule has 4 aromatic rings. The van der Waals surface area contributed by atoms with Crippen molar-refractivity contribution in [1.82, 2.24) is 19.9 Å². The quantitative estimate of drug-likeness (QED) is 0.308. The highest BCUT2D eigenvalue weighted by atomic mass is 35.5. The number of nitrogens with one attached hydrogen (secondary N) is 1. The summed E-state index contributed by atoms with van der Waals surface area (Å²) in [6, 6.07) is 15.6. The monoisotopic (exact) mass is 540 g/mol. The molecule has 9 heteroatoms. The minimum atomic E-state index is -0.125. The molecule has 0 saturated carbocycles. The third kappa shape index (κ3) is 5.30. The Kier molecular flexibility index (Phi) is 7.13. The number of hydrogen-bond acceptors (Lipinski definition) is 7. The number of benzene rings is 2. The van der Waals surface area contributed by atoms with Crippen molar-refractivity contribution in [2.75, 3.05) is 30.4 Å². The second-order valence-corrected chi connectivity index (χ2v) is 10.3. The third-order valence-corrected chi connectivity index (χ3v) is 7.66. The molecule has 0 spiro atoms. The van der Waals surface area contributed by atoms with Crippen molar-refractivity contribution in [3.63, 3.8) is 0 Å². The number of hydrogen-bond donors (Lipinski definition) is 1. The van der Waals surface area contributed by atoms with Crippen molar-refractivity contribution in [3.8, 4) is 5.75 Å². The van der Waals surface area contributed by atoms with Crippen LogP contribution in [0.5, 0.6) is 5.75 Å². The fraction of sp³-hybridized carbons (Fsp3) is 0.267. The van der Waals surface area contributed by atoms with E-state index in [0.29, 0.717) is 30.0 Å². The van der Waals surface area contributed by atoms with Gasteiger partial charge in [0.05, 0.1) is 16.2 Å². The summed E-state index contributed by atoms with van der Waals surface area (Å²) in [7, 11) is 2.09. The van der Waals surface area contributed by atoms with Crippen LogP contribution in [0.3, 0.4) is 0 Å². The zero-order chi connectivity index (χ0) is 26.8.